The molecule has 0 saturated heterocycles. The van der Waals surface area contributed by atoms with E-state index in [1.807, 2.05) is 36.5 Å². The van der Waals surface area contributed by atoms with Crippen LogP contribution >= 0.6 is 0 Å². The SMILES string of the molecule is CC\C=C/C=C\C=C/C=C\CCCCCC(=O)OC(COC(=O)CCCCC/C=C\C=C/CCCC)COC(=O)CCCCC/C=C\C=C/CCCCCCCCC. The van der Waals surface area contributed by atoms with Crippen LogP contribution in [0.25, 0.3) is 0 Å². The molecule has 6 heteroatoms. The molecule has 0 saturated carbocycles. The Kier molecular flexibility index (Phi) is 43.1. The maximum absolute atomic E-state index is 12.7. The fraction of sp³-hybridized carbons (Fsp3) is 0.635. The predicted octanol–water partition coefficient (Wildman–Crippen LogP) is 15.0. The van der Waals surface area contributed by atoms with E-state index < -0.39 is 6.10 Å². The van der Waals surface area contributed by atoms with Crippen molar-refractivity contribution in [1.29, 1.82) is 0 Å². The van der Waals surface area contributed by atoms with Gasteiger partial charge in [0.1, 0.15) is 13.2 Å². The Morgan fingerprint density at radius 2 is 0.690 bits per heavy atom. The van der Waals surface area contributed by atoms with Crippen molar-refractivity contribution in [2.24, 2.45) is 0 Å². The van der Waals surface area contributed by atoms with E-state index in [0.717, 1.165) is 89.9 Å². The van der Waals surface area contributed by atoms with E-state index in [1.54, 1.807) is 0 Å². The highest BCUT2D eigenvalue weighted by atomic mass is 16.6. The van der Waals surface area contributed by atoms with Crippen LogP contribution in [0.15, 0.2) is 97.2 Å². The van der Waals surface area contributed by atoms with E-state index >= 15 is 0 Å². The molecule has 0 N–H and O–H groups in total. The molecule has 0 aromatic rings. The fourth-order valence-electron chi connectivity index (χ4n) is 5.89. The molecule has 0 fully saturated rings. The summed E-state index contributed by atoms with van der Waals surface area (Å²) in [6, 6.07) is 0. The third-order valence-corrected chi connectivity index (χ3v) is 9.44. The van der Waals surface area contributed by atoms with Crippen LogP contribution in [0.3, 0.4) is 0 Å². The van der Waals surface area contributed by atoms with Gasteiger partial charge in [-0.2, -0.15) is 0 Å². The number of carbonyl (C=O) groups excluding carboxylic acids is 3. The zero-order chi connectivity index (χ0) is 42.3. The highest BCUT2D eigenvalue weighted by Gasteiger charge is 2.19. The van der Waals surface area contributed by atoms with Gasteiger partial charge in [-0.05, 0) is 83.5 Å². The number of unbranched alkanes of at least 4 members (excludes halogenated alkanes) is 18. The standard InChI is InChI=1S/C52H84O6/c1-4-7-10-13-16-19-22-24-25-26-28-30-33-36-39-42-45-51(54)57-48-49(47-56-50(53)44-41-38-35-32-29-21-18-15-12-9-6-3)58-52(55)46-43-40-37-34-31-27-23-20-17-14-11-8-5-2/h8,11,14-15,17-18,20-21,23,25-31,49H,4-7,9-10,12-13,16,19,22,24,32-48H2,1-3H3/b11-8-,17-14-,18-15-,23-20-,26-25-,29-21-,30-28-,31-27-. The number of rotatable bonds is 40. The van der Waals surface area contributed by atoms with Gasteiger partial charge in [0.25, 0.3) is 0 Å². The Hall–Kier alpha value is -3.67. The van der Waals surface area contributed by atoms with Gasteiger partial charge in [0.15, 0.2) is 6.10 Å². The lowest BCUT2D eigenvalue weighted by molar-refractivity contribution is -0.167. The van der Waals surface area contributed by atoms with Crippen LogP contribution in [0.5, 0.6) is 0 Å². The quantitative estimate of drug-likeness (QED) is 0.0266. The third kappa shape index (κ3) is 43.5. The summed E-state index contributed by atoms with van der Waals surface area (Å²) in [5, 5.41) is 0. The van der Waals surface area contributed by atoms with Crippen molar-refractivity contribution < 1.29 is 28.6 Å². The van der Waals surface area contributed by atoms with Crippen LogP contribution in [0.4, 0.5) is 0 Å². The van der Waals surface area contributed by atoms with Gasteiger partial charge in [0.2, 0.25) is 0 Å². The summed E-state index contributed by atoms with van der Waals surface area (Å²) in [7, 11) is 0. The summed E-state index contributed by atoms with van der Waals surface area (Å²) < 4.78 is 16.6. The molecule has 0 bridgehead atoms. The molecule has 0 heterocycles. The highest BCUT2D eigenvalue weighted by molar-refractivity contribution is 5.71. The summed E-state index contributed by atoms with van der Waals surface area (Å²) in [4.78, 5) is 37.7. The molecule has 0 aliphatic carbocycles. The molecule has 0 amide bonds. The molecule has 0 radical (unpaired) electrons. The van der Waals surface area contributed by atoms with Gasteiger partial charge in [-0.3, -0.25) is 14.4 Å². The second-order valence-corrected chi connectivity index (χ2v) is 15.1. The van der Waals surface area contributed by atoms with Gasteiger partial charge in [-0.1, -0.05) is 189 Å². The zero-order valence-corrected chi connectivity index (χ0v) is 37.3. The third-order valence-electron chi connectivity index (χ3n) is 9.44. The van der Waals surface area contributed by atoms with Gasteiger partial charge in [0.05, 0.1) is 0 Å². The summed E-state index contributed by atoms with van der Waals surface area (Å²) in [5.41, 5.74) is 0. The lowest BCUT2D eigenvalue weighted by Gasteiger charge is -2.18. The molecule has 1 unspecified atom stereocenters. The van der Waals surface area contributed by atoms with E-state index in [9.17, 15) is 14.4 Å². The largest absolute Gasteiger partial charge is 0.462 e. The molecular weight excluding hydrogens is 721 g/mol. The number of ether oxygens (including phenoxy) is 3. The van der Waals surface area contributed by atoms with E-state index in [4.69, 9.17) is 14.2 Å². The number of carbonyl (C=O) groups is 3. The maximum atomic E-state index is 12.7. The molecule has 1 atom stereocenters. The molecule has 0 aliphatic rings. The second kappa shape index (κ2) is 46.0. The minimum absolute atomic E-state index is 0.118. The predicted molar refractivity (Wildman–Crippen MR) is 247 cm³/mol. The first kappa shape index (κ1) is 54.3. The van der Waals surface area contributed by atoms with Gasteiger partial charge in [0, 0.05) is 19.3 Å². The molecule has 0 aromatic heterocycles. The first-order valence-corrected chi connectivity index (χ1v) is 23.3. The van der Waals surface area contributed by atoms with Crippen molar-refractivity contribution in [2.75, 3.05) is 13.2 Å². The van der Waals surface area contributed by atoms with E-state index in [-0.39, 0.29) is 37.5 Å². The Bertz CT molecular complexity index is 1200. The molecular formula is C52H84O6. The van der Waals surface area contributed by atoms with Gasteiger partial charge in [-0.25, -0.2) is 0 Å². The van der Waals surface area contributed by atoms with Crippen molar-refractivity contribution in [2.45, 2.75) is 200 Å². The lowest BCUT2D eigenvalue weighted by Crippen LogP contribution is -2.30. The van der Waals surface area contributed by atoms with Gasteiger partial charge in [-0.15, -0.1) is 0 Å². The number of allylic oxidation sites excluding steroid dienone is 16. The van der Waals surface area contributed by atoms with Crippen molar-refractivity contribution >= 4 is 17.9 Å². The average Bonchev–Trinajstić information content (AvgIpc) is 3.22. The average molecular weight is 805 g/mol. The van der Waals surface area contributed by atoms with Gasteiger partial charge < -0.3 is 14.2 Å². The Morgan fingerprint density at radius 3 is 1.12 bits per heavy atom. The first-order chi connectivity index (χ1) is 28.5. The van der Waals surface area contributed by atoms with Gasteiger partial charge >= 0.3 is 17.9 Å². The molecule has 328 valence electrons. The molecule has 0 aliphatic heterocycles. The van der Waals surface area contributed by atoms with E-state index in [2.05, 4.69) is 81.5 Å². The maximum Gasteiger partial charge on any atom is 0.306 e. The smallest absolute Gasteiger partial charge is 0.306 e. The Labute approximate surface area is 356 Å². The minimum atomic E-state index is -0.818. The number of esters is 3. The Morgan fingerprint density at radius 1 is 0.362 bits per heavy atom. The summed E-state index contributed by atoms with van der Waals surface area (Å²) in [5.74, 6) is -1.02. The van der Waals surface area contributed by atoms with Crippen LogP contribution in [0, 0.1) is 0 Å². The van der Waals surface area contributed by atoms with Crippen LogP contribution in [-0.4, -0.2) is 37.2 Å². The van der Waals surface area contributed by atoms with Crippen molar-refractivity contribution in [3.05, 3.63) is 97.2 Å². The molecule has 0 spiro atoms. The molecule has 58 heavy (non-hydrogen) atoms. The normalized spacial score (nSPS) is 12.9. The number of hydrogen-bond acceptors (Lipinski definition) is 6. The van der Waals surface area contributed by atoms with E-state index in [1.165, 1.54) is 57.8 Å². The second-order valence-electron chi connectivity index (χ2n) is 15.1. The van der Waals surface area contributed by atoms with Crippen LogP contribution in [0.1, 0.15) is 194 Å². The summed E-state index contributed by atoms with van der Waals surface area (Å²) >= 11 is 0. The Balaban J connectivity index is 4.53. The van der Waals surface area contributed by atoms with E-state index in [0.29, 0.717) is 19.3 Å². The molecule has 0 aromatic carbocycles. The van der Waals surface area contributed by atoms with Crippen LogP contribution < -0.4 is 0 Å². The fourth-order valence-corrected chi connectivity index (χ4v) is 5.89. The summed E-state index contributed by atoms with van der Waals surface area (Å²) in [6.07, 6.45) is 59.7. The monoisotopic (exact) mass is 805 g/mol. The van der Waals surface area contributed by atoms with Crippen molar-refractivity contribution in [3.63, 3.8) is 0 Å². The minimum Gasteiger partial charge on any atom is -0.462 e. The molecule has 0 rings (SSSR count). The highest BCUT2D eigenvalue weighted by Crippen LogP contribution is 2.12. The number of hydrogen-bond donors (Lipinski definition) is 0. The van der Waals surface area contributed by atoms with Crippen molar-refractivity contribution in [1.82, 2.24) is 0 Å². The molecule has 6 nitrogen and oxygen atoms in total. The lowest BCUT2D eigenvalue weighted by atomic mass is 10.1. The topological polar surface area (TPSA) is 78.9 Å². The summed E-state index contributed by atoms with van der Waals surface area (Å²) in [6.45, 7) is 6.33. The van der Waals surface area contributed by atoms with Crippen molar-refractivity contribution in [3.8, 4) is 0 Å². The first-order valence-electron chi connectivity index (χ1n) is 23.3. The van der Waals surface area contributed by atoms with Crippen LogP contribution in [0.2, 0.25) is 0 Å². The zero-order valence-electron chi connectivity index (χ0n) is 37.3. The van der Waals surface area contributed by atoms with Crippen LogP contribution in [-0.2, 0) is 28.6 Å².